The minimum atomic E-state index is -0.954. The molecule has 0 saturated heterocycles. The first-order valence-electron chi connectivity index (χ1n) is 7.56. The summed E-state index contributed by atoms with van der Waals surface area (Å²) in [4.78, 5) is 26.0. The van der Waals surface area contributed by atoms with Crippen LogP contribution in [0.2, 0.25) is 0 Å². The van der Waals surface area contributed by atoms with Crippen molar-refractivity contribution in [3.05, 3.63) is 58.9 Å². The predicted molar refractivity (Wildman–Crippen MR) is 90.0 cm³/mol. The number of ether oxygens (including phenoxy) is 1. The van der Waals surface area contributed by atoms with E-state index in [0.717, 1.165) is 11.1 Å². The number of esters is 1. The second kappa shape index (κ2) is 8.50. The van der Waals surface area contributed by atoms with Gasteiger partial charge in [0.1, 0.15) is 11.4 Å². The van der Waals surface area contributed by atoms with Gasteiger partial charge in [-0.2, -0.15) is 0 Å². The molecule has 0 amide bonds. The van der Waals surface area contributed by atoms with Crippen LogP contribution in [-0.4, -0.2) is 34.2 Å². The quantitative estimate of drug-likeness (QED) is 0.638. The number of carbonyl (C=O) groups excluding carboxylic acids is 1. The van der Waals surface area contributed by atoms with Gasteiger partial charge >= 0.3 is 11.9 Å². The molecule has 2 rings (SSSR count). The molecule has 1 heterocycles. The third-order valence-electron chi connectivity index (χ3n) is 3.39. The monoisotopic (exact) mass is 339 g/mol. The van der Waals surface area contributed by atoms with E-state index in [0.29, 0.717) is 11.4 Å². The lowest BCUT2D eigenvalue weighted by Gasteiger charge is -2.02. The standard InChI is InChI=1S/C19H17NO5/c1-25-19(24)12-14-4-2-13(3-5-14)6-7-15-8-10-17(21)16(20-15)9-11-18(22)23/h2-5,8,10,21H,9,11-12H2,1H3,(H,22,23). The molecule has 2 N–H and O–H groups in total. The number of benzene rings is 1. The van der Waals surface area contributed by atoms with Crippen molar-refractivity contribution in [2.45, 2.75) is 19.3 Å². The van der Waals surface area contributed by atoms with E-state index in [1.54, 1.807) is 30.3 Å². The maximum atomic E-state index is 11.2. The molecule has 25 heavy (non-hydrogen) atoms. The molecule has 0 fully saturated rings. The van der Waals surface area contributed by atoms with Gasteiger partial charge in [-0.25, -0.2) is 4.98 Å². The molecule has 0 atom stereocenters. The third kappa shape index (κ3) is 5.66. The smallest absolute Gasteiger partial charge is 0.309 e. The number of carboxylic acid groups (broad SMARTS) is 1. The normalized spacial score (nSPS) is 9.80. The van der Waals surface area contributed by atoms with Crippen LogP contribution in [0.4, 0.5) is 0 Å². The fourth-order valence-corrected chi connectivity index (χ4v) is 2.05. The molecular weight excluding hydrogens is 322 g/mol. The number of aromatic hydroxyl groups is 1. The molecule has 0 radical (unpaired) electrons. The number of aromatic nitrogens is 1. The van der Waals surface area contributed by atoms with Crippen molar-refractivity contribution in [1.29, 1.82) is 0 Å². The number of hydrogen-bond donors (Lipinski definition) is 2. The number of rotatable bonds is 5. The van der Waals surface area contributed by atoms with Gasteiger partial charge < -0.3 is 14.9 Å². The van der Waals surface area contributed by atoms with Crippen molar-refractivity contribution in [2.75, 3.05) is 7.11 Å². The second-order valence-corrected chi connectivity index (χ2v) is 5.26. The number of carbonyl (C=O) groups is 2. The highest BCUT2D eigenvalue weighted by Crippen LogP contribution is 2.16. The first kappa shape index (κ1) is 18.0. The second-order valence-electron chi connectivity index (χ2n) is 5.26. The van der Waals surface area contributed by atoms with Gasteiger partial charge in [-0.15, -0.1) is 0 Å². The molecule has 6 nitrogen and oxygen atoms in total. The highest BCUT2D eigenvalue weighted by molar-refractivity contribution is 5.72. The number of pyridine rings is 1. The number of methoxy groups -OCH3 is 1. The highest BCUT2D eigenvalue weighted by Gasteiger charge is 2.06. The Morgan fingerprint density at radius 3 is 2.48 bits per heavy atom. The summed E-state index contributed by atoms with van der Waals surface area (Å²) in [5.74, 6) is 4.52. The van der Waals surface area contributed by atoms with E-state index in [9.17, 15) is 14.7 Å². The lowest BCUT2D eigenvalue weighted by molar-refractivity contribution is -0.140. The Bertz CT molecular complexity index is 831. The van der Waals surface area contributed by atoms with Crippen molar-refractivity contribution in [3.8, 4) is 17.6 Å². The van der Waals surface area contributed by atoms with E-state index >= 15 is 0 Å². The van der Waals surface area contributed by atoms with Crippen LogP contribution >= 0.6 is 0 Å². The average molecular weight is 339 g/mol. The molecular formula is C19H17NO5. The van der Waals surface area contributed by atoms with Gasteiger partial charge in [0.05, 0.1) is 25.6 Å². The van der Waals surface area contributed by atoms with Gasteiger partial charge in [-0.05, 0) is 35.7 Å². The largest absolute Gasteiger partial charge is 0.506 e. The summed E-state index contributed by atoms with van der Waals surface area (Å²) < 4.78 is 4.61. The maximum absolute atomic E-state index is 11.2. The van der Waals surface area contributed by atoms with E-state index in [2.05, 4.69) is 21.6 Å². The Morgan fingerprint density at radius 2 is 1.84 bits per heavy atom. The number of aryl methyl sites for hydroxylation is 1. The maximum Gasteiger partial charge on any atom is 0.309 e. The molecule has 0 spiro atoms. The van der Waals surface area contributed by atoms with Crippen LogP contribution < -0.4 is 0 Å². The molecule has 0 saturated carbocycles. The van der Waals surface area contributed by atoms with Crippen LogP contribution in [0.3, 0.4) is 0 Å². The summed E-state index contributed by atoms with van der Waals surface area (Å²) >= 11 is 0. The summed E-state index contributed by atoms with van der Waals surface area (Å²) in [5, 5.41) is 18.4. The van der Waals surface area contributed by atoms with Crippen LogP contribution in [0.15, 0.2) is 36.4 Å². The van der Waals surface area contributed by atoms with E-state index in [-0.39, 0.29) is 31.0 Å². The molecule has 0 bridgehead atoms. The molecule has 6 heteroatoms. The molecule has 0 unspecified atom stereocenters. The Hall–Kier alpha value is -3.33. The Labute approximate surface area is 145 Å². The summed E-state index contributed by atoms with van der Waals surface area (Å²) in [6.07, 6.45) is 0.231. The average Bonchev–Trinajstić information content (AvgIpc) is 2.60. The first-order chi connectivity index (χ1) is 12.0. The summed E-state index contributed by atoms with van der Waals surface area (Å²) in [7, 11) is 1.34. The van der Waals surface area contributed by atoms with Crippen molar-refractivity contribution in [1.82, 2.24) is 4.98 Å². The van der Waals surface area contributed by atoms with Crippen LogP contribution in [0, 0.1) is 11.8 Å². The molecule has 0 aliphatic carbocycles. The minimum absolute atomic E-state index is 0.0426. The fourth-order valence-electron chi connectivity index (χ4n) is 2.05. The lowest BCUT2D eigenvalue weighted by atomic mass is 10.1. The molecule has 2 aromatic rings. The zero-order valence-corrected chi connectivity index (χ0v) is 13.7. The van der Waals surface area contributed by atoms with Gasteiger partial charge in [0.25, 0.3) is 0 Å². The Kier molecular flexibility index (Phi) is 6.13. The zero-order valence-electron chi connectivity index (χ0n) is 13.7. The van der Waals surface area contributed by atoms with Crippen LogP contribution in [0.5, 0.6) is 5.75 Å². The van der Waals surface area contributed by atoms with Crippen molar-refractivity contribution < 1.29 is 24.5 Å². The van der Waals surface area contributed by atoms with Crippen LogP contribution in [-0.2, 0) is 27.2 Å². The minimum Gasteiger partial charge on any atom is -0.506 e. The molecule has 0 aliphatic rings. The highest BCUT2D eigenvalue weighted by atomic mass is 16.5. The Balaban J connectivity index is 2.11. The molecule has 128 valence electrons. The molecule has 1 aromatic heterocycles. The predicted octanol–water partition coefficient (Wildman–Crippen LogP) is 1.92. The topological polar surface area (TPSA) is 96.7 Å². The van der Waals surface area contributed by atoms with Crippen molar-refractivity contribution >= 4 is 11.9 Å². The number of nitrogens with zero attached hydrogens (tertiary/aromatic N) is 1. The SMILES string of the molecule is COC(=O)Cc1ccc(C#Cc2ccc(O)c(CCC(=O)O)n2)cc1. The van der Waals surface area contributed by atoms with Gasteiger partial charge in [0.15, 0.2) is 0 Å². The number of aliphatic carboxylic acids is 1. The Morgan fingerprint density at radius 1 is 1.12 bits per heavy atom. The lowest BCUT2D eigenvalue weighted by Crippen LogP contribution is -2.04. The zero-order chi connectivity index (χ0) is 18.2. The van der Waals surface area contributed by atoms with E-state index in [1.165, 1.54) is 13.2 Å². The van der Waals surface area contributed by atoms with Crippen LogP contribution in [0.1, 0.15) is 28.9 Å². The molecule has 0 aliphatic heterocycles. The van der Waals surface area contributed by atoms with Gasteiger partial charge in [0.2, 0.25) is 0 Å². The summed E-state index contributed by atoms with van der Waals surface area (Å²) in [6, 6.07) is 10.2. The van der Waals surface area contributed by atoms with Crippen molar-refractivity contribution in [3.63, 3.8) is 0 Å². The fraction of sp³-hybridized carbons (Fsp3) is 0.211. The van der Waals surface area contributed by atoms with E-state index in [4.69, 9.17) is 5.11 Å². The van der Waals surface area contributed by atoms with E-state index < -0.39 is 5.97 Å². The van der Waals surface area contributed by atoms with Gasteiger partial charge in [-0.1, -0.05) is 18.1 Å². The van der Waals surface area contributed by atoms with Crippen molar-refractivity contribution in [2.24, 2.45) is 0 Å². The van der Waals surface area contributed by atoms with Gasteiger partial charge in [0, 0.05) is 12.0 Å². The summed E-state index contributed by atoms with van der Waals surface area (Å²) in [6.45, 7) is 0. The first-order valence-corrected chi connectivity index (χ1v) is 7.56. The van der Waals surface area contributed by atoms with Gasteiger partial charge in [-0.3, -0.25) is 9.59 Å². The number of hydrogen-bond acceptors (Lipinski definition) is 5. The molecule has 1 aromatic carbocycles. The third-order valence-corrected chi connectivity index (χ3v) is 3.39. The van der Waals surface area contributed by atoms with Crippen LogP contribution in [0.25, 0.3) is 0 Å². The van der Waals surface area contributed by atoms with E-state index in [1.807, 2.05) is 0 Å². The summed E-state index contributed by atoms with van der Waals surface area (Å²) in [5.41, 5.74) is 2.33. The number of carboxylic acids is 1.